The zero-order valence-electron chi connectivity index (χ0n) is 9.99. The van der Waals surface area contributed by atoms with Crippen LogP contribution in [0, 0.1) is 6.92 Å². The summed E-state index contributed by atoms with van der Waals surface area (Å²) in [5, 5.41) is 5.90. The van der Waals surface area contributed by atoms with Crippen LogP contribution in [-0.2, 0) is 4.79 Å². The Balaban J connectivity index is 2.48. The van der Waals surface area contributed by atoms with Crippen molar-refractivity contribution in [3.05, 3.63) is 22.2 Å². The van der Waals surface area contributed by atoms with Crippen LogP contribution in [0.5, 0.6) is 0 Å². The summed E-state index contributed by atoms with van der Waals surface area (Å²) in [7, 11) is 0. The first kappa shape index (κ1) is 12.9. The van der Waals surface area contributed by atoms with E-state index in [2.05, 4.69) is 24.1 Å². The van der Waals surface area contributed by atoms with E-state index in [1.165, 1.54) is 0 Å². The minimum absolute atomic E-state index is 0.0423. The van der Waals surface area contributed by atoms with Crippen molar-refractivity contribution in [2.75, 3.05) is 0 Å². The number of aryl methyl sites for hydroxylation is 1. The molecule has 3 nitrogen and oxygen atoms in total. The zero-order chi connectivity index (χ0) is 12.0. The number of carbonyl (C=O) groups is 1. The number of aromatic nitrogens is 1. The maximum atomic E-state index is 11.5. The van der Waals surface area contributed by atoms with E-state index in [4.69, 9.17) is 0 Å². The summed E-state index contributed by atoms with van der Waals surface area (Å²) in [5.41, 5.74) is 0.849. The van der Waals surface area contributed by atoms with Crippen LogP contribution in [0.25, 0.3) is 6.08 Å². The summed E-state index contributed by atoms with van der Waals surface area (Å²) in [4.78, 5) is 15.8. The molecule has 0 aliphatic rings. The van der Waals surface area contributed by atoms with Crippen molar-refractivity contribution in [2.45, 2.75) is 39.7 Å². The molecule has 0 spiro atoms. The van der Waals surface area contributed by atoms with E-state index in [9.17, 15) is 4.79 Å². The molecular formula is C12H18N2OS. The van der Waals surface area contributed by atoms with Gasteiger partial charge in [0, 0.05) is 17.5 Å². The van der Waals surface area contributed by atoms with E-state index in [1.807, 2.05) is 12.3 Å². The third-order valence-corrected chi connectivity index (χ3v) is 3.17. The van der Waals surface area contributed by atoms with Crippen molar-refractivity contribution in [1.82, 2.24) is 10.3 Å². The quantitative estimate of drug-likeness (QED) is 0.801. The van der Waals surface area contributed by atoms with Crippen molar-refractivity contribution < 1.29 is 4.79 Å². The number of thiazole rings is 1. The highest BCUT2D eigenvalue weighted by Crippen LogP contribution is 2.09. The third-order valence-electron chi connectivity index (χ3n) is 2.37. The lowest BCUT2D eigenvalue weighted by atomic mass is 10.2. The van der Waals surface area contributed by atoms with E-state index in [0.717, 1.165) is 23.5 Å². The highest BCUT2D eigenvalue weighted by atomic mass is 32.1. The molecule has 0 aliphatic carbocycles. The van der Waals surface area contributed by atoms with Gasteiger partial charge in [-0.15, -0.1) is 11.3 Å². The second kappa shape index (κ2) is 6.43. The highest BCUT2D eigenvalue weighted by molar-refractivity contribution is 7.09. The first-order valence-electron chi connectivity index (χ1n) is 5.56. The van der Waals surface area contributed by atoms with E-state index in [1.54, 1.807) is 23.5 Å². The van der Waals surface area contributed by atoms with Crippen LogP contribution in [0.15, 0.2) is 11.5 Å². The highest BCUT2D eigenvalue weighted by Gasteiger charge is 2.04. The average Bonchev–Trinajstić information content (AvgIpc) is 2.69. The third kappa shape index (κ3) is 4.14. The Labute approximate surface area is 101 Å². The minimum Gasteiger partial charge on any atom is -0.350 e. The molecule has 0 radical (unpaired) electrons. The van der Waals surface area contributed by atoms with Crippen LogP contribution in [0.4, 0.5) is 0 Å². The maximum Gasteiger partial charge on any atom is 0.244 e. The van der Waals surface area contributed by atoms with Crippen LogP contribution in [0.1, 0.15) is 37.4 Å². The second-order valence-corrected chi connectivity index (χ2v) is 4.71. The predicted molar refractivity (Wildman–Crippen MR) is 68.4 cm³/mol. The summed E-state index contributed by atoms with van der Waals surface area (Å²) in [6.45, 7) is 6.09. The first-order chi connectivity index (χ1) is 7.65. The number of amides is 1. The van der Waals surface area contributed by atoms with Gasteiger partial charge in [0.25, 0.3) is 0 Å². The molecule has 0 fully saturated rings. The summed E-state index contributed by atoms with van der Waals surface area (Å²) >= 11 is 1.58. The van der Waals surface area contributed by atoms with Crippen LogP contribution < -0.4 is 5.32 Å². The molecule has 0 aromatic carbocycles. The van der Waals surface area contributed by atoms with Crippen molar-refractivity contribution in [2.24, 2.45) is 0 Å². The Morgan fingerprint density at radius 2 is 2.25 bits per heavy atom. The van der Waals surface area contributed by atoms with E-state index in [-0.39, 0.29) is 11.9 Å². The van der Waals surface area contributed by atoms with Gasteiger partial charge in [-0.1, -0.05) is 13.8 Å². The molecule has 0 bridgehead atoms. The molecule has 1 heterocycles. The van der Waals surface area contributed by atoms with Gasteiger partial charge in [0.05, 0.1) is 10.7 Å². The molecule has 1 aromatic rings. The Kier molecular flexibility index (Phi) is 5.19. The standard InChI is InChI=1S/C12H18N2OS/c1-4-10(5-2)14-12(15)7-6-11-8-16-9(3)13-11/h6-8,10H,4-5H2,1-3H3,(H,14,15)/b7-6+. The van der Waals surface area contributed by atoms with Gasteiger partial charge < -0.3 is 5.32 Å². The van der Waals surface area contributed by atoms with Gasteiger partial charge in [0.15, 0.2) is 0 Å². The number of hydrogen-bond acceptors (Lipinski definition) is 3. The lowest BCUT2D eigenvalue weighted by molar-refractivity contribution is -0.117. The normalized spacial score (nSPS) is 11.2. The fourth-order valence-corrected chi connectivity index (χ4v) is 1.94. The SMILES string of the molecule is CCC(CC)NC(=O)/C=C/c1csc(C)n1. The van der Waals surface area contributed by atoms with Gasteiger partial charge in [0.2, 0.25) is 5.91 Å². The van der Waals surface area contributed by atoms with E-state index in [0.29, 0.717) is 0 Å². The molecule has 1 aromatic heterocycles. The minimum atomic E-state index is -0.0423. The zero-order valence-corrected chi connectivity index (χ0v) is 10.8. The number of rotatable bonds is 5. The molecule has 0 atom stereocenters. The molecule has 1 rings (SSSR count). The molecule has 0 saturated carbocycles. The number of hydrogen-bond donors (Lipinski definition) is 1. The molecule has 88 valence electrons. The Morgan fingerprint density at radius 1 is 1.56 bits per heavy atom. The lowest BCUT2D eigenvalue weighted by Crippen LogP contribution is -2.32. The smallest absolute Gasteiger partial charge is 0.244 e. The van der Waals surface area contributed by atoms with Crippen molar-refractivity contribution in [3.63, 3.8) is 0 Å². The second-order valence-electron chi connectivity index (χ2n) is 3.65. The average molecular weight is 238 g/mol. The van der Waals surface area contributed by atoms with Gasteiger partial charge in [-0.25, -0.2) is 4.98 Å². The van der Waals surface area contributed by atoms with Crippen LogP contribution in [0.3, 0.4) is 0 Å². The van der Waals surface area contributed by atoms with Crippen molar-refractivity contribution in [3.8, 4) is 0 Å². The molecular weight excluding hydrogens is 220 g/mol. The molecule has 1 amide bonds. The summed E-state index contributed by atoms with van der Waals surface area (Å²) < 4.78 is 0. The Hall–Kier alpha value is -1.16. The molecule has 0 aliphatic heterocycles. The predicted octanol–water partition coefficient (Wildman–Crippen LogP) is 2.77. The molecule has 16 heavy (non-hydrogen) atoms. The number of nitrogens with one attached hydrogen (secondary N) is 1. The van der Waals surface area contributed by atoms with Gasteiger partial charge >= 0.3 is 0 Å². The Bertz CT molecular complexity index is 367. The van der Waals surface area contributed by atoms with Crippen molar-refractivity contribution >= 4 is 23.3 Å². The molecule has 0 saturated heterocycles. The maximum absolute atomic E-state index is 11.5. The summed E-state index contributed by atoms with van der Waals surface area (Å²) in [5.74, 6) is -0.0423. The number of nitrogens with zero attached hydrogens (tertiary/aromatic N) is 1. The fourth-order valence-electron chi connectivity index (χ4n) is 1.36. The van der Waals surface area contributed by atoms with Crippen LogP contribution in [-0.4, -0.2) is 16.9 Å². The van der Waals surface area contributed by atoms with Crippen molar-refractivity contribution in [1.29, 1.82) is 0 Å². The Morgan fingerprint density at radius 3 is 2.75 bits per heavy atom. The van der Waals surface area contributed by atoms with Gasteiger partial charge in [-0.2, -0.15) is 0 Å². The lowest BCUT2D eigenvalue weighted by Gasteiger charge is -2.12. The summed E-state index contributed by atoms with van der Waals surface area (Å²) in [6, 6.07) is 0.273. The van der Waals surface area contributed by atoms with Crippen LogP contribution >= 0.6 is 11.3 Å². The van der Waals surface area contributed by atoms with Crippen LogP contribution in [0.2, 0.25) is 0 Å². The molecule has 4 heteroatoms. The number of carbonyl (C=O) groups excluding carboxylic acids is 1. The van der Waals surface area contributed by atoms with Gasteiger partial charge in [-0.3, -0.25) is 4.79 Å². The van der Waals surface area contributed by atoms with Gasteiger partial charge in [0.1, 0.15) is 0 Å². The largest absolute Gasteiger partial charge is 0.350 e. The van der Waals surface area contributed by atoms with E-state index < -0.39 is 0 Å². The topological polar surface area (TPSA) is 42.0 Å². The fraction of sp³-hybridized carbons (Fsp3) is 0.500. The first-order valence-corrected chi connectivity index (χ1v) is 6.44. The van der Waals surface area contributed by atoms with Gasteiger partial charge in [-0.05, 0) is 25.8 Å². The van der Waals surface area contributed by atoms with E-state index >= 15 is 0 Å². The monoisotopic (exact) mass is 238 g/mol. The molecule has 1 N–H and O–H groups in total. The molecule has 0 unspecified atom stereocenters. The summed E-state index contributed by atoms with van der Waals surface area (Å²) in [6.07, 6.45) is 5.23.